The molecule has 0 fully saturated rings. The molecule has 6 heteroatoms. The maximum atomic E-state index is 12.2. The Labute approximate surface area is 132 Å². The van der Waals surface area contributed by atoms with Crippen LogP contribution in [0.5, 0.6) is 0 Å². The van der Waals surface area contributed by atoms with Crippen LogP contribution >= 0.6 is 27.5 Å². The molecule has 2 aromatic carbocycles. The van der Waals surface area contributed by atoms with Crippen molar-refractivity contribution in [2.24, 2.45) is 0 Å². The van der Waals surface area contributed by atoms with Gasteiger partial charge >= 0.3 is 0 Å². The summed E-state index contributed by atoms with van der Waals surface area (Å²) in [4.78, 5) is 0.198. The second-order valence-corrected chi connectivity index (χ2v) is 7.42. The van der Waals surface area contributed by atoms with Crippen molar-refractivity contribution in [1.29, 1.82) is 0 Å². The van der Waals surface area contributed by atoms with Gasteiger partial charge in [0.2, 0.25) is 10.0 Å². The lowest BCUT2D eigenvalue weighted by atomic mass is 10.1. The van der Waals surface area contributed by atoms with Crippen molar-refractivity contribution in [2.75, 3.05) is 0 Å². The fourth-order valence-corrected chi connectivity index (χ4v) is 3.53. The molecule has 0 aromatic heterocycles. The van der Waals surface area contributed by atoms with E-state index in [1.165, 1.54) is 12.1 Å². The first-order valence-corrected chi connectivity index (χ1v) is 8.57. The predicted octanol–water partition coefficient (Wildman–Crippen LogP) is 4.14. The van der Waals surface area contributed by atoms with Gasteiger partial charge in [0.15, 0.2) is 0 Å². The molecule has 2 rings (SSSR count). The number of nitrogens with one attached hydrogen (secondary N) is 1. The summed E-state index contributed by atoms with van der Waals surface area (Å²) in [6.07, 6.45) is 0. The third-order valence-electron chi connectivity index (χ3n) is 2.80. The van der Waals surface area contributed by atoms with E-state index in [0.717, 1.165) is 10.0 Å². The average Bonchev–Trinajstić information content (AvgIpc) is 2.38. The molecule has 0 saturated heterocycles. The lowest BCUT2D eigenvalue weighted by Gasteiger charge is -2.15. The Balaban J connectivity index is 2.22. The third-order valence-corrected chi connectivity index (χ3v) is 5.11. The van der Waals surface area contributed by atoms with Gasteiger partial charge in [0.25, 0.3) is 0 Å². The van der Waals surface area contributed by atoms with Gasteiger partial charge in [0.1, 0.15) is 0 Å². The van der Waals surface area contributed by atoms with Crippen LogP contribution in [0, 0.1) is 0 Å². The Bertz CT molecular complexity index is 701. The van der Waals surface area contributed by atoms with Gasteiger partial charge in [-0.05, 0) is 48.9 Å². The second-order valence-electron chi connectivity index (χ2n) is 4.35. The summed E-state index contributed by atoms with van der Waals surface area (Å²) in [7, 11) is -3.56. The molecule has 1 atom stereocenters. The zero-order valence-corrected chi connectivity index (χ0v) is 13.8. The molecular formula is C14H13BrClNO2S. The first kappa shape index (κ1) is 15.5. The van der Waals surface area contributed by atoms with Crippen LogP contribution < -0.4 is 4.72 Å². The quantitative estimate of drug-likeness (QED) is 0.874. The van der Waals surface area contributed by atoms with E-state index in [1.807, 2.05) is 24.3 Å². The minimum Gasteiger partial charge on any atom is -0.207 e. The van der Waals surface area contributed by atoms with Crippen LogP contribution in [0.3, 0.4) is 0 Å². The van der Waals surface area contributed by atoms with Gasteiger partial charge in [-0.25, -0.2) is 13.1 Å². The molecule has 2 aromatic rings. The van der Waals surface area contributed by atoms with Crippen molar-refractivity contribution in [3.8, 4) is 0 Å². The van der Waals surface area contributed by atoms with E-state index < -0.39 is 10.0 Å². The van der Waals surface area contributed by atoms with Crippen molar-refractivity contribution in [3.63, 3.8) is 0 Å². The van der Waals surface area contributed by atoms with Crippen LogP contribution in [0.2, 0.25) is 5.02 Å². The molecule has 0 saturated carbocycles. The third kappa shape index (κ3) is 3.82. The van der Waals surface area contributed by atoms with Gasteiger partial charge in [-0.15, -0.1) is 0 Å². The highest BCUT2D eigenvalue weighted by Gasteiger charge is 2.18. The number of halogens is 2. The zero-order valence-electron chi connectivity index (χ0n) is 10.7. The first-order chi connectivity index (χ1) is 9.38. The van der Waals surface area contributed by atoms with Crippen molar-refractivity contribution in [2.45, 2.75) is 17.9 Å². The molecule has 0 amide bonds. The minimum absolute atomic E-state index is 0.198. The molecule has 0 radical (unpaired) electrons. The fourth-order valence-electron chi connectivity index (χ4n) is 1.76. The molecule has 0 aliphatic heterocycles. The highest BCUT2D eigenvalue weighted by Crippen LogP contribution is 2.21. The van der Waals surface area contributed by atoms with Crippen molar-refractivity contribution >= 4 is 37.6 Å². The second kappa shape index (κ2) is 6.26. The molecular weight excluding hydrogens is 362 g/mol. The molecule has 0 spiro atoms. The van der Waals surface area contributed by atoms with Crippen LogP contribution in [0.4, 0.5) is 0 Å². The molecule has 1 unspecified atom stereocenters. The fraction of sp³-hybridized carbons (Fsp3) is 0.143. The Kier molecular flexibility index (Phi) is 4.86. The molecule has 0 bridgehead atoms. The minimum atomic E-state index is -3.56. The smallest absolute Gasteiger partial charge is 0.207 e. The van der Waals surface area contributed by atoms with E-state index in [0.29, 0.717) is 5.02 Å². The first-order valence-electron chi connectivity index (χ1n) is 5.92. The van der Waals surface area contributed by atoms with E-state index in [1.54, 1.807) is 19.1 Å². The summed E-state index contributed by atoms with van der Waals surface area (Å²) < 4.78 is 28.0. The van der Waals surface area contributed by atoms with Gasteiger partial charge in [-0.2, -0.15) is 0 Å². The van der Waals surface area contributed by atoms with Crippen molar-refractivity contribution in [1.82, 2.24) is 4.72 Å². The Hall–Kier alpha value is -0.880. The van der Waals surface area contributed by atoms with Gasteiger partial charge in [-0.3, -0.25) is 0 Å². The van der Waals surface area contributed by atoms with Gasteiger partial charge < -0.3 is 0 Å². The maximum absolute atomic E-state index is 12.2. The van der Waals surface area contributed by atoms with Crippen molar-refractivity contribution in [3.05, 3.63) is 63.6 Å². The van der Waals surface area contributed by atoms with Crippen LogP contribution in [-0.2, 0) is 10.0 Å². The number of rotatable bonds is 4. The summed E-state index contributed by atoms with van der Waals surface area (Å²) in [5.41, 5.74) is 0.886. The molecule has 20 heavy (non-hydrogen) atoms. The molecule has 106 valence electrons. The van der Waals surface area contributed by atoms with E-state index in [-0.39, 0.29) is 10.9 Å². The summed E-state index contributed by atoms with van der Waals surface area (Å²) in [6, 6.07) is 13.3. The van der Waals surface area contributed by atoms with E-state index >= 15 is 0 Å². The zero-order chi connectivity index (χ0) is 14.8. The van der Waals surface area contributed by atoms with E-state index in [9.17, 15) is 8.42 Å². The van der Waals surface area contributed by atoms with Gasteiger partial charge in [0.05, 0.1) is 4.90 Å². The largest absolute Gasteiger partial charge is 0.241 e. The lowest BCUT2D eigenvalue weighted by molar-refractivity contribution is 0.567. The Morgan fingerprint density at radius 3 is 2.40 bits per heavy atom. The van der Waals surface area contributed by atoms with Crippen LogP contribution in [0.15, 0.2) is 57.9 Å². The van der Waals surface area contributed by atoms with Gasteiger partial charge in [0, 0.05) is 15.5 Å². The normalized spacial score (nSPS) is 13.2. The summed E-state index contributed by atoms with van der Waals surface area (Å²) in [5.74, 6) is 0. The summed E-state index contributed by atoms with van der Waals surface area (Å²) >= 11 is 9.13. The standard InChI is InChI=1S/C14H13BrClNO2S/c1-10(11-3-2-4-12(15)9-11)17-20(18,19)14-7-5-13(16)6-8-14/h2-10,17H,1H3. The number of hydrogen-bond donors (Lipinski definition) is 1. The molecule has 0 aliphatic rings. The lowest BCUT2D eigenvalue weighted by Crippen LogP contribution is -2.26. The highest BCUT2D eigenvalue weighted by atomic mass is 79.9. The molecule has 0 heterocycles. The molecule has 0 aliphatic carbocycles. The van der Waals surface area contributed by atoms with E-state index in [4.69, 9.17) is 11.6 Å². The number of hydrogen-bond acceptors (Lipinski definition) is 2. The molecule has 1 N–H and O–H groups in total. The Morgan fingerprint density at radius 2 is 1.80 bits per heavy atom. The monoisotopic (exact) mass is 373 g/mol. The Morgan fingerprint density at radius 1 is 1.15 bits per heavy atom. The summed E-state index contributed by atoms with van der Waals surface area (Å²) in [5, 5.41) is 0.504. The van der Waals surface area contributed by atoms with Crippen LogP contribution in [0.1, 0.15) is 18.5 Å². The SMILES string of the molecule is CC(NS(=O)(=O)c1ccc(Cl)cc1)c1cccc(Br)c1. The maximum Gasteiger partial charge on any atom is 0.241 e. The topological polar surface area (TPSA) is 46.2 Å². The summed E-state index contributed by atoms with van der Waals surface area (Å²) in [6.45, 7) is 1.80. The van der Waals surface area contributed by atoms with Crippen LogP contribution in [0.25, 0.3) is 0 Å². The van der Waals surface area contributed by atoms with Crippen LogP contribution in [-0.4, -0.2) is 8.42 Å². The number of sulfonamides is 1. The molecule has 3 nitrogen and oxygen atoms in total. The average molecular weight is 375 g/mol. The predicted molar refractivity (Wildman–Crippen MR) is 84.3 cm³/mol. The van der Waals surface area contributed by atoms with Gasteiger partial charge in [-0.1, -0.05) is 39.7 Å². The number of benzene rings is 2. The highest BCUT2D eigenvalue weighted by molar-refractivity contribution is 9.10. The van der Waals surface area contributed by atoms with E-state index in [2.05, 4.69) is 20.7 Å². The van der Waals surface area contributed by atoms with Crippen molar-refractivity contribution < 1.29 is 8.42 Å².